The molecule has 82 valence electrons. The lowest BCUT2D eigenvalue weighted by atomic mass is 10.2. The van der Waals surface area contributed by atoms with Gasteiger partial charge in [-0.2, -0.15) is 13.2 Å². The highest BCUT2D eigenvalue weighted by Gasteiger charge is 2.44. The molecule has 0 aromatic rings. The molecule has 1 aliphatic heterocycles. The molecule has 0 spiro atoms. The van der Waals surface area contributed by atoms with E-state index in [1.807, 2.05) is 0 Å². The molecule has 4 nitrogen and oxygen atoms in total. The van der Waals surface area contributed by atoms with Gasteiger partial charge in [-0.1, -0.05) is 0 Å². The summed E-state index contributed by atoms with van der Waals surface area (Å²) in [5.74, 6) is -1.24. The molecule has 0 aromatic carbocycles. The topological polar surface area (TPSA) is 52.6 Å². The Morgan fingerprint density at radius 2 is 2.21 bits per heavy atom. The summed E-state index contributed by atoms with van der Waals surface area (Å²) in [5, 5.41) is 11.0. The Balaban J connectivity index is 2.64. The summed E-state index contributed by atoms with van der Waals surface area (Å²) in [5.41, 5.74) is 0. The monoisotopic (exact) mass is 212 g/mol. The number of piperazine rings is 1. The lowest BCUT2D eigenvalue weighted by Crippen LogP contribution is -2.58. The molecule has 0 bridgehead atoms. The van der Waals surface area contributed by atoms with E-state index in [1.54, 1.807) is 0 Å². The van der Waals surface area contributed by atoms with Gasteiger partial charge in [-0.25, -0.2) is 0 Å². The number of aliphatic carboxylic acids is 1. The van der Waals surface area contributed by atoms with Crippen molar-refractivity contribution in [1.82, 2.24) is 10.2 Å². The average molecular weight is 212 g/mol. The number of nitrogens with one attached hydrogen (secondary N) is 1. The largest absolute Gasteiger partial charge is 0.480 e. The van der Waals surface area contributed by atoms with Crippen molar-refractivity contribution in [3.05, 3.63) is 0 Å². The zero-order valence-electron chi connectivity index (χ0n) is 7.34. The Hall–Kier alpha value is -0.820. The number of hydrogen-bond acceptors (Lipinski definition) is 3. The van der Waals surface area contributed by atoms with E-state index in [1.165, 1.54) is 0 Å². The van der Waals surface area contributed by atoms with Crippen LogP contribution in [0.1, 0.15) is 0 Å². The van der Waals surface area contributed by atoms with Crippen molar-refractivity contribution in [3.63, 3.8) is 0 Å². The summed E-state index contributed by atoms with van der Waals surface area (Å²) < 4.78 is 37.1. The van der Waals surface area contributed by atoms with Gasteiger partial charge in [0.05, 0.1) is 6.54 Å². The van der Waals surface area contributed by atoms with Gasteiger partial charge < -0.3 is 10.4 Å². The number of rotatable bonds is 2. The number of halogens is 3. The minimum atomic E-state index is -4.37. The van der Waals surface area contributed by atoms with Gasteiger partial charge in [0.1, 0.15) is 6.04 Å². The van der Waals surface area contributed by atoms with Crippen LogP contribution in [0.25, 0.3) is 0 Å². The maximum absolute atomic E-state index is 12.4. The predicted octanol–water partition coefficient (Wildman–Crippen LogP) is -0.0929. The molecule has 0 unspecified atom stereocenters. The second-order valence-corrected chi connectivity index (χ2v) is 3.13. The zero-order chi connectivity index (χ0) is 10.8. The molecule has 0 saturated carbocycles. The summed E-state index contributed by atoms with van der Waals surface area (Å²) in [6.45, 7) is -0.307. The van der Waals surface area contributed by atoms with Crippen LogP contribution < -0.4 is 5.32 Å². The van der Waals surface area contributed by atoms with E-state index < -0.39 is 24.7 Å². The first-order chi connectivity index (χ1) is 6.41. The number of carboxylic acids is 1. The van der Waals surface area contributed by atoms with Crippen LogP contribution in [0.5, 0.6) is 0 Å². The number of alkyl halides is 3. The molecule has 0 aliphatic carbocycles. The van der Waals surface area contributed by atoms with Gasteiger partial charge in [-0.05, 0) is 0 Å². The molecule has 0 amide bonds. The number of carboxylic acid groups (broad SMARTS) is 1. The zero-order valence-corrected chi connectivity index (χ0v) is 7.34. The third-order valence-electron chi connectivity index (χ3n) is 2.07. The first-order valence-electron chi connectivity index (χ1n) is 4.14. The van der Waals surface area contributed by atoms with Crippen LogP contribution in [-0.2, 0) is 4.79 Å². The Kier molecular flexibility index (Phi) is 3.33. The molecule has 2 N–H and O–H groups in total. The maximum atomic E-state index is 12.4. The van der Waals surface area contributed by atoms with Crippen molar-refractivity contribution in [2.45, 2.75) is 12.2 Å². The van der Waals surface area contributed by atoms with Crippen molar-refractivity contribution in [2.75, 3.05) is 26.2 Å². The quantitative estimate of drug-likeness (QED) is 0.671. The fourth-order valence-corrected chi connectivity index (χ4v) is 1.43. The normalized spacial score (nSPS) is 24.9. The van der Waals surface area contributed by atoms with Crippen LogP contribution in [-0.4, -0.2) is 54.4 Å². The molecule has 7 heteroatoms. The number of nitrogens with zero attached hydrogens (tertiary/aromatic N) is 1. The Labute approximate surface area is 78.7 Å². The highest BCUT2D eigenvalue weighted by molar-refractivity contribution is 5.69. The van der Waals surface area contributed by atoms with Crippen LogP contribution in [0.2, 0.25) is 0 Å². The summed E-state index contributed by atoms with van der Waals surface area (Å²) in [6, 6.07) is -1.69. The molecular formula is C7H11F3N2O2. The molecular weight excluding hydrogens is 201 g/mol. The molecule has 0 radical (unpaired) electrons. The van der Waals surface area contributed by atoms with Gasteiger partial charge >= 0.3 is 12.1 Å². The van der Waals surface area contributed by atoms with Crippen LogP contribution >= 0.6 is 0 Å². The average Bonchev–Trinajstić information content (AvgIpc) is 2.01. The summed E-state index contributed by atoms with van der Waals surface area (Å²) in [4.78, 5) is 11.2. The molecule has 0 aromatic heterocycles. The van der Waals surface area contributed by atoms with Crippen molar-refractivity contribution >= 4 is 5.97 Å². The Morgan fingerprint density at radius 1 is 1.57 bits per heavy atom. The number of carbonyl (C=O) groups is 1. The van der Waals surface area contributed by atoms with E-state index in [0.29, 0.717) is 6.54 Å². The van der Waals surface area contributed by atoms with Gasteiger partial charge in [-0.3, -0.25) is 9.69 Å². The maximum Gasteiger partial charge on any atom is 0.405 e. The minimum Gasteiger partial charge on any atom is -0.480 e. The van der Waals surface area contributed by atoms with Gasteiger partial charge in [0, 0.05) is 19.6 Å². The molecule has 1 saturated heterocycles. The molecule has 1 rings (SSSR count). The third kappa shape index (κ3) is 2.85. The van der Waals surface area contributed by atoms with E-state index in [4.69, 9.17) is 5.11 Å². The SMILES string of the molecule is O=C(O)CN1CCNC[C@@H]1C(F)(F)F. The summed E-state index contributed by atoms with van der Waals surface area (Å²) in [7, 11) is 0. The lowest BCUT2D eigenvalue weighted by Gasteiger charge is -2.35. The molecule has 1 aliphatic rings. The fourth-order valence-electron chi connectivity index (χ4n) is 1.43. The second-order valence-electron chi connectivity index (χ2n) is 3.13. The van der Waals surface area contributed by atoms with Crippen molar-refractivity contribution in [1.29, 1.82) is 0 Å². The highest BCUT2D eigenvalue weighted by atomic mass is 19.4. The van der Waals surface area contributed by atoms with E-state index in [-0.39, 0.29) is 13.1 Å². The molecule has 1 fully saturated rings. The minimum absolute atomic E-state index is 0.108. The first kappa shape index (κ1) is 11.3. The van der Waals surface area contributed by atoms with Crippen molar-refractivity contribution < 1.29 is 23.1 Å². The van der Waals surface area contributed by atoms with Crippen molar-refractivity contribution in [2.24, 2.45) is 0 Å². The summed E-state index contributed by atoms with van der Waals surface area (Å²) >= 11 is 0. The second kappa shape index (κ2) is 4.14. The highest BCUT2D eigenvalue weighted by Crippen LogP contribution is 2.25. The van der Waals surface area contributed by atoms with Crippen LogP contribution in [0.4, 0.5) is 13.2 Å². The van der Waals surface area contributed by atoms with E-state index in [0.717, 1.165) is 4.90 Å². The van der Waals surface area contributed by atoms with Gasteiger partial charge in [-0.15, -0.1) is 0 Å². The molecule has 1 atom stereocenters. The van der Waals surface area contributed by atoms with Crippen LogP contribution in [0.15, 0.2) is 0 Å². The standard InChI is InChI=1S/C7H11F3N2O2/c8-7(9,10)5-3-11-1-2-12(5)4-6(13)14/h5,11H,1-4H2,(H,13,14)/t5-/m1/s1. The third-order valence-corrected chi connectivity index (χ3v) is 2.07. The smallest absolute Gasteiger partial charge is 0.405 e. The number of hydrogen-bond donors (Lipinski definition) is 2. The fraction of sp³-hybridized carbons (Fsp3) is 0.857. The van der Waals surface area contributed by atoms with Crippen LogP contribution in [0, 0.1) is 0 Å². The molecule has 14 heavy (non-hydrogen) atoms. The Morgan fingerprint density at radius 3 is 2.71 bits per heavy atom. The predicted molar refractivity (Wildman–Crippen MR) is 41.9 cm³/mol. The lowest BCUT2D eigenvalue weighted by molar-refractivity contribution is -0.189. The van der Waals surface area contributed by atoms with E-state index in [9.17, 15) is 18.0 Å². The van der Waals surface area contributed by atoms with E-state index in [2.05, 4.69) is 5.32 Å². The van der Waals surface area contributed by atoms with Crippen LogP contribution in [0.3, 0.4) is 0 Å². The first-order valence-corrected chi connectivity index (χ1v) is 4.14. The van der Waals surface area contributed by atoms with Gasteiger partial charge in [0.2, 0.25) is 0 Å². The molecule has 1 heterocycles. The van der Waals surface area contributed by atoms with Gasteiger partial charge in [0.15, 0.2) is 0 Å². The van der Waals surface area contributed by atoms with Gasteiger partial charge in [0.25, 0.3) is 0 Å². The van der Waals surface area contributed by atoms with Crippen molar-refractivity contribution in [3.8, 4) is 0 Å². The summed E-state index contributed by atoms with van der Waals surface area (Å²) in [6.07, 6.45) is -4.37. The van der Waals surface area contributed by atoms with E-state index >= 15 is 0 Å². The Bertz CT molecular complexity index is 219.